The first-order valence-electron chi connectivity index (χ1n) is 6.46. The Labute approximate surface area is 119 Å². The van der Waals surface area contributed by atoms with Crippen LogP contribution in [0.3, 0.4) is 0 Å². The van der Waals surface area contributed by atoms with Crippen LogP contribution in [0.15, 0.2) is 17.8 Å². The van der Waals surface area contributed by atoms with Gasteiger partial charge < -0.3 is 10.0 Å². The SMILES string of the molecule is CC1(C(=O)O)CCCN1C(=O)Cc1cn2ccsc2n1. The third-order valence-corrected chi connectivity index (χ3v) is 4.65. The summed E-state index contributed by atoms with van der Waals surface area (Å²) in [7, 11) is 0. The minimum Gasteiger partial charge on any atom is -0.480 e. The van der Waals surface area contributed by atoms with E-state index in [4.69, 9.17) is 0 Å². The van der Waals surface area contributed by atoms with Crippen molar-refractivity contribution in [2.75, 3.05) is 6.54 Å². The van der Waals surface area contributed by atoms with Gasteiger partial charge in [-0.15, -0.1) is 11.3 Å². The van der Waals surface area contributed by atoms with Gasteiger partial charge in [0.15, 0.2) is 4.96 Å². The van der Waals surface area contributed by atoms with Crippen LogP contribution in [0.1, 0.15) is 25.5 Å². The van der Waals surface area contributed by atoms with E-state index in [2.05, 4.69) is 4.98 Å². The standard InChI is InChI=1S/C13H15N3O3S/c1-13(11(18)19)3-2-4-16(13)10(17)7-9-8-15-5-6-20-12(15)14-9/h5-6,8H,2-4,7H2,1H3,(H,18,19). The van der Waals surface area contributed by atoms with E-state index in [0.29, 0.717) is 18.7 Å². The molecule has 1 atom stereocenters. The molecule has 0 aliphatic carbocycles. The van der Waals surface area contributed by atoms with Crippen LogP contribution in [0.25, 0.3) is 4.96 Å². The number of aliphatic carboxylic acids is 1. The van der Waals surface area contributed by atoms with Crippen LogP contribution in [0.5, 0.6) is 0 Å². The van der Waals surface area contributed by atoms with Gasteiger partial charge in [-0.1, -0.05) is 0 Å². The first kappa shape index (κ1) is 13.1. The van der Waals surface area contributed by atoms with Crippen LogP contribution in [0.4, 0.5) is 0 Å². The molecule has 1 N–H and O–H groups in total. The number of rotatable bonds is 3. The van der Waals surface area contributed by atoms with Crippen LogP contribution in [-0.4, -0.2) is 43.4 Å². The van der Waals surface area contributed by atoms with Crippen LogP contribution in [0, 0.1) is 0 Å². The Morgan fingerprint density at radius 1 is 1.55 bits per heavy atom. The summed E-state index contributed by atoms with van der Waals surface area (Å²) in [4.78, 5) is 30.4. The van der Waals surface area contributed by atoms with E-state index in [0.717, 1.165) is 11.4 Å². The maximum atomic E-state index is 12.4. The molecule has 6 nitrogen and oxygen atoms in total. The largest absolute Gasteiger partial charge is 0.480 e. The minimum absolute atomic E-state index is 0.150. The molecule has 106 valence electrons. The number of hydrogen-bond donors (Lipinski definition) is 1. The number of carboxylic acids is 1. The highest BCUT2D eigenvalue weighted by Gasteiger charge is 2.45. The second kappa shape index (κ2) is 4.59. The van der Waals surface area contributed by atoms with Gasteiger partial charge in [-0.3, -0.25) is 9.20 Å². The van der Waals surface area contributed by atoms with E-state index in [1.54, 1.807) is 6.92 Å². The van der Waals surface area contributed by atoms with Crippen LogP contribution >= 0.6 is 11.3 Å². The predicted octanol–water partition coefficient (Wildman–Crippen LogP) is 1.40. The molecule has 0 bridgehead atoms. The van der Waals surface area contributed by atoms with Crippen molar-refractivity contribution in [3.8, 4) is 0 Å². The number of carboxylic acid groups (broad SMARTS) is 1. The normalized spacial score (nSPS) is 22.6. The van der Waals surface area contributed by atoms with Crippen molar-refractivity contribution in [1.82, 2.24) is 14.3 Å². The number of imidazole rings is 1. The molecule has 1 fully saturated rings. The molecule has 0 saturated carbocycles. The molecule has 1 unspecified atom stereocenters. The first-order chi connectivity index (χ1) is 9.50. The van der Waals surface area contributed by atoms with Crippen molar-refractivity contribution in [3.63, 3.8) is 0 Å². The Balaban J connectivity index is 1.79. The Morgan fingerprint density at radius 3 is 3.05 bits per heavy atom. The van der Waals surface area contributed by atoms with E-state index < -0.39 is 11.5 Å². The summed E-state index contributed by atoms with van der Waals surface area (Å²) in [6, 6.07) is 0. The number of nitrogens with zero attached hydrogens (tertiary/aromatic N) is 3. The maximum Gasteiger partial charge on any atom is 0.329 e. The predicted molar refractivity (Wildman–Crippen MR) is 73.8 cm³/mol. The van der Waals surface area contributed by atoms with E-state index >= 15 is 0 Å². The molecule has 0 spiro atoms. The van der Waals surface area contributed by atoms with Crippen LogP contribution in [-0.2, 0) is 16.0 Å². The molecule has 2 aromatic heterocycles. The van der Waals surface area contributed by atoms with E-state index in [1.807, 2.05) is 22.2 Å². The van der Waals surface area contributed by atoms with Gasteiger partial charge in [0, 0.05) is 24.3 Å². The first-order valence-corrected chi connectivity index (χ1v) is 7.33. The number of thiazole rings is 1. The van der Waals surface area contributed by atoms with Gasteiger partial charge in [0.1, 0.15) is 5.54 Å². The molecule has 7 heteroatoms. The fourth-order valence-corrected chi connectivity index (χ4v) is 3.42. The maximum absolute atomic E-state index is 12.4. The quantitative estimate of drug-likeness (QED) is 0.928. The minimum atomic E-state index is -1.08. The summed E-state index contributed by atoms with van der Waals surface area (Å²) in [5.41, 5.74) is -0.393. The molecule has 2 aromatic rings. The molecule has 1 aliphatic heterocycles. The molecule has 3 rings (SSSR count). The molecular formula is C13H15N3O3S. The van der Waals surface area contributed by atoms with Crippen molar-refractivity contribution in [2.24, 2.45) is 0 Å². The summed E-state index contributed by atoms with van der Waals surface area (Å²) >= 11 is 1.51. The van der Waals surface area contributed by atoms with E-state index in [-0.39, 0.29) is 12.3 Å². The van der Waals surface area contributed by atoms with Gasteiger partial charge in [0.05, 0.1) is 12.1 Å². The zero-order chi connectivity index (χ0) is 14.3. The second-order valence-corrected chi connectivity index (χ2v) is 6.10. The number of carbonyl (C=O) groups is 2. The van der Waals surface area contributed by atoms with Crippen molar-refractivity contribution in [2.45, 2.75) is 31.7 Å². The monoisotopic (exact) mass is 293 g/mol. The zero-order valence-electron chi connectivity index (χ0n) is 11.1. The lowest BCUT2D eigenvalue weighted by atomic mass is 9.99. The third-order valence-electron chi connectivity index (χ3n) is 3.88. The Hall–Kier alpha value is -1.89. The second-order valence-electron chi connectivity index (χ2n) is 5.23. The highest BCUT2D eigenvalue weighted by molar-refractivity contribution is 7.15. The number of likely N-dealkylation sites (tertiary alicyclic amines) is 1. The molecule has 20 heavy (non-hydrogen) atoms. The fourth-order valence-electron chi connectivity index (χ4n) is 2.70. The molecular weight excluding hydrogens is 278 g/mol. The summed E-state index contributed by atoms with van der Waals surface area (Å²) in [6.45, 7) is 2.12. The van der Waals surface area contributed by atoms with Crippen molar-refractivity contribution in [3.05, 3.63) is 23.5 Å². The summed E-state index contributed by atoms with van der Waals surface area (Å²) < 4.78 is 1.87. The van der Waals surface area contributed by atoms with Crippen LogP contribution in [0.2, 0.25) is 0 Å². The molecule has 0 aromatic carbocycles. The van der Waals surface area contributed by atoms with Crippen LogP contribution < -0.4 is 0 Å². The van der Waals surface area contributed by atoms with Gasteiger partial charge in [0.25, 0.3) is 0 Å². The molecule has 1 amide bonds. The Morgan fingerprint density at radius 2 is 2.35 bits per heavy atom. The lowest BCUT2D eigenvalue weighted by Crippen LogP contribution is -2.51. The topological polar surface area (TPSA) is 74.9 Å². The lowest BCUT2D eigenvalue weighted by Gasteiger charge is -2.31. The van der Waals surface area contributed by atoms with Gasteiger partial charge in [-0.25, -0.2) is 9.78 Å². The summed E-state index contributed by atoms with van der Waals surface area (Å²) in [6.07, 6.45) is 5.09. The van der Waals surface area contributed by atoms with Crippen molar-refractivity contribution in [1.29, 1.82) is 0 Å². The van der Waals surface area contributed by atoms with Gasteiger partial charge in [-0.05, 0) is 19.8 Å². The number of hydrogen-bond acceptors (Lipinski definition) is 4. The van der Waals surface area contributed by atoms with Gasteiger partial charge in [-0.2, -0.15) is 0 Å². The Kier molecular flexibility index (Phi) is 3.01. The third kappa shape index (κ3) is 1.98. The number of amides is 1. The smallest absolute Gasteiger partial charge is 0.329 e. The highest BCUT2D eigenvalue weighted by Crippen LogP contribution is 2.29. The van der Waals surface area contributed by atoms with Gasteiger partial charge in [0.2, 0.25) is 5.91 Å². The zero-order valence-corrected chi connectivity index (χ0v) is 11.9. The summed E-state index contributed by atoms with van der Waals surface area (Å²) in [5, 5.41) is 11.3. The van der Waals surface area contributed by atoms with E-state index in [1.165, 1.54) is 16.2 Å². The van der Waals surface area contributed by atoms with Crippen molar-refractivity contribution < 1.29 is 14.7 Å². The molecule has 0 radical (unpaired) electrons. The fraction of sp³-hybridized carbons (Fsp3) is 0.462. The Bertz CT molecular complexity index is 649. The molecule has 1 aliphatic rings. The number of carbonyl (C=O) groups excluding carboxylic acids is 1. The highest BCUT2D eigenvalue weighted by atomic mass is 32.1. The lowest BCUT2D eigenvalue weighted by molar-refractivity contribution is -0.155. The number of fused-ring (bicyclic) bond motifs is 1. The average Bonchev–Trinajstić information content (AvgIpc) is 3.03. The van der Waals surface area contributed by atoms with E-state index in [9.17, 15) is 14.7 Å². The number of aromatic nitrogens is 2. The average molecular weight is 293 g/mol. The molecule has 3 heterocycles. The molecule has 1 saturated heterocycles. The summed E-state index contributed by atoms with van der Waals surface area (Å²) in [5.74, 6) is -1.10. The van der Waals surface area contributed by atoms with Crippen molar-refractivity contribution >= 4 is 28.2 Å². The van der Waals surface area contributed by atoms with Gasteiger partial charge >= 0.3 is 5.97 Å².